The molecule has 0 aliphatic rings. The van der Waals surface area contributed by atoms with Crippen molar-refractivity contribution in [3.8, 4) is 0 Å². The van der Waals surface area contributed by atoms with Crippen LogP contribution in [-0.4, -0.2) is 61.6 Å². The molecule has 0 aromatic heterocycles. The second kappa shape index (κ2) is 9.28. The van der Waals surface area contributed by atoms with Crippen LogP contribution in [0.15, 0.2) is 4.99 Å². The lowest BCUT2D eigenvalue weighted by Gasteiger charge is -2.33. The third kappa shape index (κ3) is 8.96. The number of thioether (sulfide) groups is 1. The molecule has 0 unspecified atom stereocenters. The molecule has 4 nitrogen and oxygen atoms in total. The Morgan fingerprint density at radius 2 is 1.58 bits per heavy atom. The minimum atomic E-state index is 0. The van der Waals surface area contributed by atoms with Gasteiger partial charge in [0.05, 0.1) is 0 Å². The average Bonchev–Trinajstić information content (AvgIpc) is 2.29. The summed E-state index contributed by atoms with van der Waals surface area (Å²) < 4.78 is 0.217. The minimum absolute atomic E-state index is 0. The maximum Gasteiger partial charge on any atom is 0.191 e. The van der Waals surface area contributed by atoms with E-state index in [4.69, 9.17) is 0 Å². The molecule has 0 amide bonds. The molecule has 0 saturated carbocycles. The molecular weight excluding hydrogens is 371 g/mol. The van der Waals surface area contributed by atoms with Gasteiger partial charge in [0.25, 0.3) is 0 Å². The van der Waals surface area contributed by atoms with Crippen LogP contribution in [0.1, 0.15) is 27.7 Å². The number of hydrogen-bond donors (Lipinski definition) is 2. The van der Waals surface area contributed by atoms with E-state index in [0.717, 1.165) is 19.0 Å². The van der Waals surface area contributed by atoms with Crippen molar-refractivity contribution in [2.75, 3.05) is 40.5 Å². The minimum Gasteiger partial charge on any atom is -0.355 e. The molecule has 0 heterocycles. The number of hydrogen-bond acceptors (Lipinski definition) is 3. The monoisotopic (exact) mass is 402 g/mol. The molecule has 0 spiro atoms. The predicted molar refractivity (Wildman–Crippen MR) is 100 cm³/mol. The topological polar surface area (TPSA) is 39.7 Å². The molecule has 0 atom stereocenters. The lowest BCUT2D eigenvalue weighted by molar-refractivity contribution is 0.197. The van der Waals surface area contributed by atoms with E-state index < -0.39 is 0 Å². The van der Waals surface area contributed by atoms with Crippen LogP contribution < -0.4 is 10.6 Å². The van der Waals surface area contributed by atoms with Gasteiger partial charge < -0.3 is 15.5 Å². The number of rotatable bonds is 6. The number of likely N-dealkylation sites (N-methyl/N-ethyl adjacent to an activating group) is 1. The standard InChI is InChI=1S/C13H30N4S.HI/c1-12(2,17(6)7)9-15-11(14-5)16-10-13(3,4)18-8;/h9-10H2,1-8H3,(H2,14,15,16);1H. The van der Waals surface area contributed by atoms with Crippen molar-refractivity contribution >= 4 is 41.7 Å². The molecule has 2 N–H and O–H groups in total. The Morgan fingerprint density at radius 3 is 1.95 bits per heavy atom. The van der Waals surface area contributed by atoms with Crippen molar-refractivity contribution in [3.05, 3.63) is 0 Å². The molecule has 0 fully saturated rings. The quantitative estimate of drug-likeness (QED) is 0.406. The normalized spacial score (nSPS) is 13.2. The molecule has 0 aromatic rings. The largest absolute Gasteiger partial charge is 0.355 e. The van der Waals surface area contributed by atoms with E-state index in [0.29, 0.717) is 0 Å². The van der Waals surface area contributed by atoms with E-state index in [-0.39, 0.29) is 34.3 Å². The van der Waals surface area contributed by atoms with Crippen LogP contribution in [0.4, 0.5) is 0 Å². The number of nitrogens with one attached hydrogen (secondary N) is 2. The first-order valence-corrected chi connectivity index (χ1v) is 7.54. The van der Waals surface area contributed by atoms with Gasteiger partial charge in [-0.05, 0) is 48.0 Å². The van der Waals surface area contributed by atoms with Gasteiger partial charge >= 0.3 is 0 Å². The second-order valence-electron chi connectivity index (χ2n) is 5.95. The van der Waals surface area contributed by atoms with Crippen LogP contribution in [0.2, 0.25) is 0 Å². The molecule has 0 aliphatic heterocycles. The summed E-state index contributed by atoms with van der Waals surface area (Å²) in [5.74, 6) is 0.868. The van der Waals surface area contributed by atoms with Crippen molar-refractivity contribution in [1.82, 2.24) is 15.5 Å². The maximum atomic E-state index is 4.25. The van der Waals surface area contributed by atoms with Crippen LogP contribution >= 0.6 is 35.7 Å². The molecule has 19 heavy (non-hydrogen) atoms. The summed E-state index contributed by atoms with van der Waals surface area (Å²) in [5, 5.41) is 6.75. The molecule has 0 radical (unpaired) electrons. The van der Waals surface area contributed by atoms with Crippen LogP contribution in [0.3, 0.4) is 0 Å². The Hall–Kier alpha value is 0.310. The molecule has 0 saturated heterocycles. The van der Waals surface area contributed by atoms with E-state index >= 15 is 0 Å². The smallest absolute Gasteiger partial charge is 0.191 e. The summed E-state index contributed by atoms with van der Waals surface area (Å²) in [6, 6.07) is 0. The van der Waals surface area contributed by atoms with Gasteiger partial charge in [-0.15, -0.1) is 24.0 Å². The Labute approximate surface area is 140 Å². The molecular formula is C13H31IN4S. The van der Waals surface area contributed by atoms with Crippen molar-refractivity contribution in [1.29, 1.82) is 0 Å². The Kier molecular flexibility index (Phi) is 10.6. The predicted octanol–water partition coefficient (Wildman–Crippen LogP) is 2.25. The highest BCUT2D eigenvalue weighted by molar-refractivity contribution is 14.0. The van der Waals surface area contributed by atoms with E-state index in [1.54, 1.807) is 0 Å². The molecule has 0 bridgehead atoms. The van der Waals surface area contributed by atoms with Gasteiger partial charge in [0.2, 0.25) is 0 Å². The van der Waals surface area contributed by atoms with Crippen LogP contribution in [0, 0.1) is 0 Å². The maximum absolute atomic E-state index is 4.25. The first-order valence-electron chi connectivity index (χ1n) is 6.32. The molecule has 0 rings (SSSR count). The van der Waals surface area contributed by atoms with Crippen LogP contribution in [0.25, 0.3) is 0 Å². The van der Waals surface area contributed by atoms with Gasteiger partial charge in [-0.25, -0.2) is 0 Å². The third-order valence-corrected chi connectivity index (χ3v) is 4.61. The van der Waals surface area contributed by atoms with Gasteiger partial charge in [0.15, 0.2) is 5.96 Å². The third-order valence-electron chi connectivity index (χ3n) is 3.36. The van der Waals surface area contributed by atoms with Crippen LogP contribution in [0.5, 0.6) is 0 Å². The van der Waals surface area contributed by atoms with Gasteiger partial charge in [-0.3, -0.25) is 4.99 Å². The molecule has 0 aliphatic carbocycles. The van der Waals surface area contributed by atoms with Crippen LogP contribution in [-0.2, 0) is 0 Å². The Morgan fingerprint density at radius 1 is 1.11 bits per heavy atom. The summed E-state index contributed by atoms with van der Waals surface area (Å²) in [6.07, 6.45) is 2.13. The van der Waals surface area contributed by atoms with E-state index in [2.05, 4.69) is 68.6 Å². The summed E-state index contributed by atoms with van der Waals surface area (Å²) in [7, 11) is 5.99. The number of aliphatic imine (C=N–C) groups is 1. The van der Waals surface area contributed by atoms with E-state index in [1.165, 1.54) is 0 Å². The lowest BCUT2D eigenvalue weighted by atomic mass is 10.0. The lowest BCUT2D eigenvalue weighted by Crippen LogP contribution is -2.52. The summed E-state index contributed by atoms with van der Waals surface area (Å²) in [6.45, 7) is 10.6. The zero-order valence-electron chi connectivity index (χ0n) is 13.6. The number of nitrogens with zero attached hydrogens (tertiary/aromatic N) is 2. The molecule has 116 valence electrons. The molecule has 0 aromatic carbocycles. The number of guanidine groups is 1. The average molecular weight is 402 g/mol. The first kappa shape index (κ1) is 21.6. The zero-order chi connectivity index (χ0) is 14.4. The highest BCUT2D eigenvalue weighted by Crippen LogP contribution is 2.19. The fourth-order valence-corrected chi connectivity index (χ4v) is 1.26. The van der Waals surface area contributed by atoms with Crippen molar-refractivity contribution < 1.29 is 0 Å². The second-order valence-corrected chi connectivity index (χ2v) is 7.46. The number of halogens is 1. The highest BCUT2D eigenvalue weighted by atomic mass is 127. The fourth-order valence-electron chi connectivity index (χ4n) is 1.05. The van der Waals surface area contributed by atoms with Gasteiger partial charge in [0, 0.05) is 30.4 Å². The Balaban J connectivity index is 0. The van der Waals surface area contributed by atoms with Crippen molar-refractivity contribution in [2.45, 2.75) is 38.0 Å². The van der Waals surface area contributed by atoms with Crippen molar-refractivity contribution in [3.63, 3.8) is 0 Å². The highest BCUT2D eigenvalue weighted by Gasteiger charge is 2.21. The first-order chi connectivity index (χ1) is 8.14. The van der Waals surface area contributed by atoms with E-state index in [1.807, 2.05) is 18.8 Å². The zero-order valence-corrected chi connectivity index (χ0v) is 16.8. The van der Waals surface area contributed by atoms with E-state index in [9.17, 15) is 0 Å². The van der Waals surface area contributed by atoms with Gasteiger partial charge in [0.1, 0.15) is 0 Å². The Bertz CT molecular complexity index is 278. The van der Waals surface area contributed by atoms with Crippen molar-refractivity contribution in [2.24, 2.45) is 4.99 Å². The van der Waals surface area contributed by atoms with Gasteiger partial charge in [-0.1, -0.05) is 0 Å². The molecule has 6 heteroatoms. The fraction of sp³-hybridized carbons (Fsp3) is 0.923. The summed E-state index contributed by atoms with van der Waals surface area (Å²) >= 11 is 1.85. The summed E-state index contributed by atoms with van der Waals surface area (Å²) in [4.78, 5) is 6.46. The summed E-state index contributed by atoms with van der Waals surface area (Å²) in [5.41, 5.74) is 0.104. The van der Waals surface area contributed by atoms with Gasteiger partial charge in [-0.2, -0.15) is 11.8 Å². The SMILES string of the molecule is CN=C(NCC(C)(C)SC)NCC(C)(C)N(C)C.I.